The summed E-state index contributed by atoms with van der Waals surface area (Å²) >= 11 is 0. The van der Waals surface area contributed by atoms with Crippen LogP contribution in [0.1, 0.15) is 26.2 Å². The van der Waals surface area contributed by atoms with E-state index in [-0.39, 0.29) is 18.0 Å². The molecule has 4 heteroatoms. The number of fused-ring (bicyclic) bond motifs is 2. The summed E-state index contributed by atoms with van der Waals surface area (Å²) in [6.07, 6.45) is 3.82. The molecule has 0 aromatic carbocycles. The minimum Gasteiger partial charge on any atom is -0.389 e. The molecule has 2 heterocycles. The molecule has 90 valence electrons. The Morgan fingerprint density at radius 1 is 1.38 bits per heavy atom. The SMILES string of the molecule is CC12CCCC1C(C1[C@H]3CNC[C@@H]13)=NO2.Cl. The number of nitrogens with zero attached hydrogens (tertiary/aromatic N) is 1. The molecule has 4 rings (SSSR count). The van der Waals surface area contributed by atoms with Gasteiger partial charge in [-0.2, -0.15) is 0 Å². The van der Waals surface area contributed by atoms with Crippen LogP contribution >= 0.6 is 12.4 Å². The number of nitrogens with one attached hydrogen (secondary N) is 1. The molecule has 3 fully saturated rings. The van der Waals surface area contributed by atoms with Crippen molar-refractivity contribution >= 4 is 18.1 Å². The summed E-state index contributed by atoms with van der Waals surface area (Å²) < 4.78 is 0. The smallest absolute Gasteiger partial charge is 0.143 e. The highest BCUT2D eigenvalue weighted by atomic mass is 35.5. The van der Waals surface area contributed by atoms with E-state index in [0.29, 0.717) is 5.92 Å². The Labute approximate surface area is 102 Å². The van der Waals surface area contributed by atoms with E-state index in [1.54, 1.807) is 0 Å². The van der Waals surface area contributed by atoms with E-state index in [2.05, 4.69) is 17.4 Å². The van der Waals surface area contributed by atoms with Gasteiger partial charge in [0.1, 0.15) is 5.60 Å². The number of rotatable bonds is 1. The van der Waals surface area contributed by atoms with Crippen LogP contribution in [-0.2, 0) is 4.84 Å². The molecule has 0 spiro atoms. The van der Waals surface area contributed by atoms with Gasteiger partial charge in [0.05, 0.1) is 5.71 Å². The van der Waals surface area contributed by atoms with Gasteiger partial charge in [0.2, 0.25) is 0 Å². The van der Waals surface area contributed by atoms with Gasteiger partial charge < -0.3 is 10.2 Å². The molecule has 0 aromatic rings. The molecule has 0 aromatic heterocycles. The first-order chi connectivity index (χ1) is 7.30. The molecule has 2 aliphatic carbocycles. The van der Waals surface area contributed by atoms with E-state index in [9.17, 15) is 0 Å². The topological polar surface area (TPSA) is 33.6 Å². The molecule has 0 bridgehead atoms. The standard InChI is InChI=1S/C12H18N2O.ClH/c1-12-4-2-3-9(12)11(14-15-12)10-7-5-13-6-8(7)10;/h7-10,13H,2-6H2,1H3;1H/t7-,8+,9?,10?,12?;. The van der Waals surface area contributed by atoms with E-state index in [1.165, 1.54) is 38.1 Å². The summed E-state index contributed by atoms with van der Waals surface area (Å²) in [6.45, 7) is 4.66. The van der Waals surface area contributed by atoms with Crippen LogP contribution in [0.5, 0.6) is 0 Å². The fourth-order valence-electron chi connectivity index (χ4n) is 4.08. The second-order valence-corrected chi connectivity index (χ2v) is 5.88. The first-order valence-corrected chi connectivity index (χ1v) is 6.26. The minimum absolute atomic E-state index is 0. The Hall–Kier alpha value is -0.280. The summed E-state index contributed by atoms with van der Waals surface area (Å²) in [5, 5.41) is 7.87. The number of oxime groups is 1. The molecule has 1 N–H and O–H groups in total. The second kappa shape index (κ2) is 3.36. The van der Waals surface area contributed by atoms with Gasteiger partial charge in [-0.05, 0) is 51.1 Å². The highest BCUT2D eigenvalue weighted by molar-refractivity contribution is 5.94. The van der Waals surface area contributed by atoms with E-state index < -0.39 is 0 Å². The van der Waals surface area contributed by atoms with Crippen molar-refractivity contribution in [3.8, 4) is 0 Å². The van der Waals surface area contributed by atoms with E-state index >= 15 is 0 Å². The van der Waals surface area contributed by atoms with Gasteiger partial charge in [-0.1, -0.05) is 5.16 Å². The van der Waals surface area contributed by atoms with Crippen LogP contribution in [0.25, 0.3) is 0 Å². The Balaban J connectivity index is 0.000000810. The maximum Gasteiger partial charge on any atom is 0.143 e. The monoisotopic (exact) mass is 242 g/mol. The maximum absolute atomic E-state index is 5.71. The minimum atomic E-state index is 0. The van der Waals surface area contributed by atoms with Crippen molar-refractivity contribution in [2.24, 2.45) is 28.8 Å². The summed E-state index contributed by atoms with van der Waals surface area (Å²) in [5.74, 6) is 3.19. The van der Waals surface area contributed by atoms with Gasteiger partial charge in [-0.3, -0.25) is 0 Å². The first kappa shape index (κ1) is 10.8. The van der Waals surface area contributed by atoms with Crippen LogP contribution in [0.4, 0.5) is 0 Å². The van der Waals surface area contributed by atoms with Crippen LogP contribution in [0.3, 0.4) is 0 Å². The molecular weight excluding hydrogens is 224 g/mol. The fourth-order valence-corrected chi connectivity index (χ4v) is 4.08. The van der Waals surface area contributed by atoms with Gasteiger partial charge in [-0.15, -0.1) is 12.4 Å². The van der Waals surface area contributed by atoms with Gasteiger partial charge in [0.25, 0.3) is 0 Å². The molecule has 3 unspecified atom stereocenters. The summed E-state index contributed by atoms with van der Waals surface area (Å²) in [4.78, 5) is 5.71. The summed E-state index contributed by atoms with van der Waals surface area (Å²) in [7, 11) is 0. The lowest BCUT2D eigenvalue weighted by molar-refractivity contribution is -0.0163. The van der Waals surface area contributed by atoms with Crippen LogP contribution in [0.2, 0.25) is 0 Å². The number of hydrogen-bond donors (Lipinski definition) is 1. The molecule has 3 nitrogen and oxygen atoms in total. The molecule has 2 saturated carbocycles. The molecule has 0 amide bonds. The van der Waals surface area contributed by atoms with Crippen molar-refractivity contribution in [1.29, 1.82) is 0 Å². The molecular formula is C12H19ClN2O. The third-order valence-electron chi connectivity index (χ3n) is 5.05. The summed E-state index contributed by atoms with van der Waals surface area (Å²) in [5.41, 5.74) is 1.49. The van der Waals surface area contributed by atoms with E-state index in [1.807, 2.05) is 0 Å². The maximum atomic E-state index is 5.71. The van der Waals surface area contributed by atoms with Crippen LogP contribution in [0, 0.1) is 23.7 Å². The normalized spacial score (nSPS) is 52.4. The Morgan fingerprint density at radius 3 is 2.88 bits per heavy atom. The number of hydrogen-bond acceptors (Lipinski definition) is 3. The molecule has 2 aliphatic heterocycles. The van der Waals surface area contributed by atoms with Crippen LogP contribution in [-0.4, -0.2) is 24.4 Å². The molecule has 16 heavy (non-hydrogen) atoms. The average molecular weight is 243 g/mol. The van der Waals surface area contributed by atoms with E-state index in [0.717, 1.165) is 17.8 Å². The van der Waals surface area contributed by atoms with Gasteiger partial charge in [-0.25, -0.2) is 0 Å². The lowest BCUT2D eigenvalue weighted by atomic mass is 9.86. The third-order valence-corrected chi connectivity index (χ3v) is 5.05. The zero-order valence-corrected chi connectivity index (χ0v) is 10.4. The van der Waals surface area contributed by atoms with Crippen LogP contribution in [0.15, 0.2) is 5.16 Å². The lowest BCUT2D eigenvalue weighted by Gasteiger charge is -2.21. The van der Waals surface area contributed by atoms with Gasteiger partial charge in [0.15, 0.2) is 0 Å². The molecule has 4 aliphatic rings. The van der Waals surface area contributed by atoms with Crippen molar-refractivity contribution < 1.29 is 4.84 Å². The second-order valence-electron chi connectivity index (χ2n) is 5.88. The number of piperidine rings is 1. The predicted octanol–water partition coefficient (Wildman–Crippen LogP) is 1.82. The van der Waals surface area contributed by atoms with Crippen molar-refractivity contribution in [3.05, 3.63) is 0 Å². The fraction of sp³-hybridized carbons (Fsp3) is 0.917. The molecule has 5 atom stereocenters. The third kappa shape index (κ3) is 1.22. The Morgan fingerprint density at radius 2 is 2.12 bits per heavy atom. The predicted molar refractivity (Wildman–Crippen MR) is 64.9 cm³/mol. The summed E-state index contributed by atoms with van der Waals surface area (Å²) in [6, 6.07) is 0. The van der Waals surface area contributed by atoms with E-state index in [4.69, 9.17) is 4.84 Å². The zero-order valence-electron chi connectivity index (χ0n) is 9.61. The average Bonchev–Trinajstić information content (AvgIpc) is 2.63. The Bertz CT molecular complexity index is 336. The van der Waals surface area contributed by atoms with Crippen molar-refractivity contribution in [3.63, 3.8) is 0 Å². The molecule has 0 radical (unpaired) electrons. The van der Waals surface area contributed by atoms with Crippen LogP contribution < -0.4 is 5.32 Å². The molecule has 1 saturated heterocycles. The highest BCUT2D eigenvalue weighted by Crippen LogP contribution is 2.56. The van der Waals surface area contributed by atoms with Crippen molar-refractivity contribution in [2.75, 3.05) is 13.1 Å². The first-order valence-electron chi connectivity index (χ1n) is 6.26. The van der Waals surface area contributed by atoms with Crippen molar-refractivity contribution in [1.82, 2.24) is 5.32 Å². The van der Waals surface area contributed by atoms with Gasteiger partial charge in [0, 0.05) is 11.8 Å². The van der Waals surface area contributed by atoms with Crippen molar-refractivity contribution in [2.45, 2.75) is 31.8 Å². The van der Waals surface area contributed by atoms with Gasteiger partial charge >= 0.3 is 0 Å². The highest BCUT2D eigenvalue weighted by Gasteiger charge is 2.61. The number of halogens is 1. The largest absolute Gasteiger partial charge is 0.389 e. The zero-order chi connectivity index (χ0) is 10.0. The lowest BCUT2D eigenvalue weighted by Crippen LogP contribution is -2.32. The Kier molecular flexibility index (Phi) is 2.28. The quantitative estimate of drug-likeness (QED) is 0.761.